The topological polar surface area (TPSA) is 92.9 Å². The monoisotopic (exact) mass is 244 g/mol. The molecule has 0 aromatic heterocycles. The fourth-order valence-corrected chi connectivity index (χ4v) is 2.12. The summed E-state index contributed by atoms with van der Waals surface area (Å²) in [6.45, 7) is 2.51. The molecule has 0 aromatic rings. The molecule has 3 N–H and O–H groups in total. The minimum absolute atomic E-state index is 0.0632. The minimum Gasteiger partial charge on any atom is -0.480 e. The quantitative estimate of drug-likeness (QED) is 0.706. The molecule has 6 heteroatoms. The van der Waals surface area contributed by atoms with Gasteiger partial charge in [0.15, 0.2) is 0 Å². The van der Waals surface area contributed by atoms with Gasteiger partial charge in [0.2, 0.25) is 0 Å². The number of carboxylic acids is 1. The summed E-state index contributed by atoms with van der Waals surface area (Å²) in [6.07, 6.45) is 0.559. The number of nitrogens with zero attached hydrogens (tertiary/aromatic N) is 1. The van der Waals surface area contributed by atoms with E-state index in [9.17, 15) is 9.59 Å². The van der Waals surface area contributed by atoms with Crippen LogP contribution in [0.15, 0.2) is 0 Å². The third-order valence-corrected chi connectivity index (χ3v) is 3.21. The number of hydrogen-bond donors (Lipinski definition) is 2. The summed E-state index contributed by atoms with van der Waals surface area (Å²) in [5.41, 5.74) is 5.42. The van der Waals surface area contributed by atoms with Gasteiger partial charge in [-0.05, 0) is 18.8 Å². The Bertz CT molecular complexity index is 291. The molecule has 1 amide bonds. The number of carbonyl (C=O) groups excluding carboxylic acids is 1. The average Bonchev–Trinajstić information content (AvgIpc) is 2.30. The van der Waals surface area contributed by atoms with E-state index in [1.807, 2.05) is 6.92 Å². The summed E-state index contributed by atoms with van der Waals surface area (Å²) in [7, 11) is 1.40. The van der Waals surface area contributed by atoms with E-state index in [2.05, 4.69) is 0 Å². The van der Waals surface area contributed by atoms with Crippen molar-refractivity contribution in [2.75, 3.05) is 20.2 Å². The molecule has 1 aliphatic rings. The van der Waals surface area contributed by atoms with Gasteiger partial charge in [-0.2, -0.15) is 0 Å². The van der Waals surface area contributed by atoms with Gasteiger partial charge in [-0.1, -0.05) is 6.92 Å². The lowest BCUT2D eigenvalue weighted by molar-refractivity contribution is -0.157. The van der Waals surface area contributed by atoms with Gasteiger partial charge in [0.1, 0.15) is 12.1 Å². The minimum atomic E-state index is -0.961. The molecule has 1 fully saturated rings. The molecule has 1 aliphatic heterocycles. The first-order valence-electron chi connectivity index (χ1n) is 5.77. The van der Waals surface area contributed by atoms with Crippen molar-refractivity contribution in [2.24, 2.45) is 11.7 Å². The second-order valence-corrected chi connectivity index (χ2v) is 4.48. The van der Waals surface area contributed by atoms with Crippen LogP contribution in [0.5, 0.6) is 0 Å². The van der Waals surface area contributed by atoms with E-state index in [1.54, 1.807) is 0 Å². The third-order valence-electron chi connectivity index (χ3n) is 3.21. The maximum absolute atomic E-state index is 12.0. The molecule has 0 saturated carbocycles. The van der Waals surface area contributed by atoms with Crippen molar-refractivity contribution >= 4 is 11.9 Å². The second kappa shape index (κ2) is 5.97. The summed E-state index contributed by atoms with van der Waals surface area (Å²) < 4.78 is 4.96. The highest BCUT2D eigenvalue weighted by atomic mass is 16.5. The van der Waals surface area contributed by atoms with E-state index in [0.717, 1.165) is 6.42 Å². The maximum Gasteiger partial charge on any atom is 0.326 e. The number of nitrogens with two attached hydrogens (primary N) is 1. The van der Waals surface area contributed by atoms with Gasteiger partial charge in [0.25, 0.3) is 5.91 Å². The van der Waals surface area contributed by atoms with Crippen molar-refractivity contribution in [3.05, 3.63) is 0 Å². The van der Waals surface area contributed by atoms with Crippen LogP contribution in [0.25, 0.3) is 0 Å². The molecule has 3 unspecified atom stereocenters. The normalized spacial score (nSPS) is 26.6. The zero-order valence-electron chi connectivity index (χ0n) is 10.3. The molecule has 98 valence electrons. The highest BCUT2D eigenvalue weighted by Gasteiger charge is 2.37. The Labute approximate surface area is 101 Å². The molecular formula is C11H20N2O4. The molecule has 0 aromatic carbocycles. The summed E-state index contributed by atoms with van der Waals surface area (Å²) in [6, 6.07) is -0.754. The first-order chi connectivity index (χ1) is 8.01. The zero-order chi connectivity index (χ0) is 13.0. The standard InChI is InChI=1S/C11H20N2O4/c1-7-3-4-13(8(5-7)11(15)16)10(14)9(6-12)17-2/h7-9H,3-6,12H2,1-2H3,(H,15,16). The van der Waals surface area contributed by atoms with E-state index in [-0.39, 0.29) is 12.5 Å². The molecule has 3 atom stereocenters. The smallest absolute Gasteiger partial charge is 0.326 e. The molecule has 0 radical (unpaired) electrons. The van der Waals surface area contributed by atoms with Crippen molar-refractivity contribution in [3.63, 3.8) is 0 Å². The lowest BCUT2D eigenvalue weighted by atomic mass is 9.92. The maximum atomic E-state index is 12.0. The van der Waals surface area contributed by atoms with Crippen LogP contribution < -0.4 is 5.73 Å². The number of rotatable bonds is 4. The lowest BCUT2D eigenvalue weighted by Gasteiger charge is -2.37. The number of piperidine rings is 1. The Morgan fingerprint density at radius 3 is 2.71 bits per heavy atom. The highest BCUT2D eigenvalue weighted by Crippen LogP contribution is 2.23. The number of likely N-dealkylation sites (tertiary alicyclic amines) is 1. The van der Waals surface area contributed by atoms with Crippen molar-refractivity contribution in [1.82, 2.24) is 4.90 Å². The summed E-state index contributed by atoms with van der Waals surface area (Å²) in [4.78, 5) is 24.6. The number of carboxylic acid groups (broad SMARTS) is 1. The van der Waals surface area contributed by atoms with E-state index in [4.69, 9.17) is 15.6 Å². The first-order valence-corrected chi connectivity index (χ1v) is 5.77. The summed E-state index contributed by atoms with van der Waals surface area (Å²) in [5, 5.41) is 9.14. The molecule has 1 heterocycles. The van der Waals surface area contributed by atoms with Crippen LogP contribution in [-0.4, -0.2) is 54.2 Å². The number of ether oxygens (including phenoxy) is 1. The Morgan fingerprint density at radius 2 is 2.24 bits per heavy atom. The van der Waals surface area contributed by atoms with Gasteiger partial charge in [-0.3, -0.25) is 4.79 Å². The van der Waals surface area contributed by atoms with Crippen molar-refractivity contribution in [2.45, 2.75) is 31.9 Å². The molecule has 1 rings (SSSR count). The molecule has 6 nitrogen and oxygen atoms in total. The van der Waals surface area contributed by atoms with E-state index in [0.29, 0.717) is 18.9 Å². The molecule has 17 heavy (non-hydrogen) atoms. The largest absolute Gasteiger partial charge is 0.480 e. The number of amides is 1. The first kappa shape index (κ1) is 13.9. The van der Waals surface area contributed by atoms with Gasteiger partial charge in [-0.15, -0.1) is 0 Å². The fraction of sp³-hybridized carbons (Fsp3) is 0.818. The van der Waals surface area contributed by atoms with Crippen LogP contribution in [-0.2, 0) is 14.3 Å². The number of carbonyl (C=O) groups is 2. The van der Waals surface area contributed by atoms with Crippen LogP contribution in [0.1, 0.15) is 19.8 Å². The summed E-state index contributed by atoms with van der Waals surface area (Å²) >= 11 is 0. The van der Waals surface area contributed by atoms with Gasteiger partial charge >= 0.3 is 5.97 Å². The number of methoxy groups -OCH3 is 1. The van der Waals surface area contributed by atoms with Crippen molar-refractivity contribution in [3.8, 4) is 0 Å². The second-order valence-electron chi connectivity index (χ2n) is 4.48. The van der Waals surface area contributed by atoms with E-state index < -0.39 is 18.1 Å². The zero-order valence-corrected chi connectivity index (χ0v) is 10.3. The van der Waals surface area contributed by atoms with Crippen LogP contribution in [0, 0.1) is 5.92 Å². The number of aliphatic carboxylic acids is 1. The Hall–Kier alpha value is -1.14. The predicted molar refractivity (Wildman–Crippen MR) is 61.4 cm³/mol. The predicted octanol–water partition coefficient (Wildman–Crippen LogP) is -0.328. The number of hydrogen-bond acceptors (Lipinski definition) is 4. The third kappa shape index (κ3) is 3.17. The van der Waals surface area contributed by atoms with Gasteiger partial charge in [0.05, 0.1) is 0 Å². The molecular weight excluding hydrogens is 224 g/mol. The highest BCUT2D eigenvalue weighted by molar-refractivity contribution is 5.86. The molecule has 0 spiro atoms. The summed E-state index contributed by atoms with van der Waals surface area (Å²) in [5.74, 6) is -0.968. The molecule has 0 aliphatic carbocycles. The van der Waals surface area contributed by atoms with E-state index >= 15 is 0 Å². The van der Waals surface area contributed by atoms with Crippen LogP contribution >= 0.6 is 0 Å². The average molecular weight is 244 g/mol. The molecule has 1 saturated heterocycles. The van der Waals surface area contributed by atoms with Crippen molar-refractivity contribution in [1.29, 1.82) is 0 Å². The van der Waals surface area contributed by atoms with E-state index in [1.165, 1.54) is 12.0 Å². The van der Waals surface area contributed by atoms with Gasteiger partial charge in [0, 0.05) is 20.2 Å². The van der Waals surface area contributed by atoms with Crippen molar-refractivity contribution < 1.29 is 19.4 Å². The van der Waals surface area contributed by atoms with Gasteiger partial charge in [-0.25, -0.2) is 4.79 Å². The van der Waals surface area contributed by atoms with Crippen LogP contribution in [0.3, 0.4) is 0 Å². The fourth-order valence-electron chi connectivity index (χ4n) is 2.12. The van der Waals surface area contributed by atoms with Crippen LogP contribution in [0.4, 0.5) is 0 Å². The SMILES string of the molecule is COC(CN)C(=O)N1CCC(C)CC1C(=O)O. The Morgan fingerprint density at radius 1 is 1.59 bits per heavy atom. The Kier molecular flexibility index (Phi) is 4.89. The van der Waals surface area contributed by atoms with Gasteiger partial charge < -0.3 is 20.5 Å². The lowest BCUT2D eigenvalue weighted by Crippen LogP contribution is -2.54. The Balaban J connectivity index is 2.79. The molecule has 0 bridgehead atoms. The van der Waals surface area contributed by atoms with Crippen LogP contribution in [0.2, 0.25) is 0 Å².